The van der Waals surface area contributed by atoms with E-state index < -0.39 is 0 Å². The van der Waals surface area contributed by atoms with E-state index in [1.807, 2.05) is 0 Å². The van der Waals surface area contributed by atoms with Crippen molar-refractivity contribution in [2.24, 2.45) is 5.92 Å². The average Bonchev–Trinajstić information content (AvgIpc) is 3.02. The molecule has 2 unspecified atom stereocenters. The minimum Gasteiger partial charge on any atom is -0.392 e. The molecule has 0 bridgehead atoms. The molecule has 1 saturated heterocycles. The Bertz CT molecular complexity index is 194. The maximum absolute atomic E-state index is 9.77. The van der Waals surface area contributed by atoms with Crippen molar-refractivity contribution in [2.45, 2.75) is 44.2 Å². The standard InChI is InChI=1S/C12H24N2O/c1-14-7-2-3-11(6-8-14)13-9-12(15)10-4-5-10/h10-13,15H,2-9H2,1H3. The lowest BCUT2D eigenvalue weighted by atomic mass is 10.1. The van der Waals surface area contributed by atoms with Gasteiger partial charge in [0.1, 0.15) is 0 Å². The maximum Gasteiger partial charge on any atom is 0.0692 e. The number of rotatable bonds is 4. The number of aliphatic hydroxyl groups is 1. The van der Waals surface area contributed by atoms with Crippen LogP contribution in [0.2, 0.25) is 0 Å². The second-order valence-electron chi connectivity index (χ2n) is 5.24. The molecule has 2 N–H and O–H groups in total. The summed E-state index contributed by atoms with van der Waals surface area (Å²) in [6.07, 6.45) is 6.15. The van der Waals surface area contributed by atoms with E-state index in [1.165, 1.54) is 45.2 Å². The van der Waals surface area contributed by atoms with Crippen LogP contribution in [-0.4, -0.2) is 48.8 Å². The zero-order chi connectivity index (χ0) is 10.7. The molecular weight excluding hydrogens is 188 g/mol. The molecule has 3 nitrogen and oxygen atoms in total. The smallest absolute Gasteiger partial charge is 0.0692 e. The molecule has 0 radical (unpaired) electrons. The van der Waals surface area contributed by atoms with Crippen LogP contribution < -0.4 is 5.32 Å². The van der Waals surface area contributed by atoms with Crippen molar-refractivity contribution < 1.29 is 5.11 Å². The van der Waals surface area contributed by atoms with Crippen molar-refractivity contribution in [2.75, 3.05) is 26.7 Å². The molecule has 0 aromatic heterocycles. The first-order valence-electron chi connectivity index (χ1n) is 6.35. The van der Waals surface area contributed by atoms with Gasteiger partial charge in [0.2, 0.25) is 0 Å². The molecule has 15 heavy (non-hydrogen) atoms. The van der Waals surface area contributed by atoms with E-state index in [9.17, 15) is 5.11 Å². The first kappa shape index (κ1) is 11.4. The highest BCUT2D eigenvalue weighted by atomic mass is 16.3. The van der Waals surface area contributed by atoms with E-state index in [4.69, 9.17) is 0 Å². The summed E-state index contributed by atoms with van der Waals surface area (Å²) in [5.41, 5.74) is 0. The van der Waals surface area contributed by atoms with E-state index >= 15 is 0 Å². The van der Waals surface area contributed by atoms with Crippen LogP contribution in [-0.2, 0) is 0 Å². The molecule has 3 heteroatoms. The summed E-state index contributed by atoms with van der Waals surface area (Å²) in [4.78, 5) is 2.40. The summed E-state index contributed by atoms with van der Waals surface area (Å²) < 4.78 is 0. The van der Waals surface area contributed by atoms with Gasteiger partial charge in [0.15, 0.2) is 0 Å². The van der Waals surface area contributed by atoms with Gasteiger partial charge in [0.25, 0.3) is 0 Å². The summed E-state index contributed by atoms with van der Waals surface area (Å²) in [5, 5.41) is 13.3. The van der Waals surface area contributed by atoms with Gasteiger partial charge in [-0.05, 0) is 58.2 Å². The number of nitrogens with one attached hydrogen (secondary N) is 1. The molecule has 0 spiro atoms. The van der Waals surface area contributed by atoms with Crippen LogP contribution in [0.15, 0.2) is 0 Å². The Balaban J connectivity index is 1.64. The summed E-state index contributed by atoms with van der Waals surface area (Å²) in [5.74, 6) is 0.603. The zero-order valence-electron chi connectivity index (χ0n) is 9.78. The number of likely N-dealkylation sites (tertiary alicyclic amines) is 1. The lowest BCUT2D eigenvalue weighted by Gasteiger charge is -2.19. The molecule has 0 amide bonds. The van der Waals surface area contributed by atoms with Crippen LogP contribution in [0.25, 0.3) is 0 Å². The summed E-state index contributed by atoms with van der Waals surface area (Å²) >= 11 is 0. The highest BCUT2D eigenvalue weighted by Gasteiger charge is 2.29. The average molecular weight is 212 g/mol. The van der Waals surface area contributed by atoms with Crippen LogP contribution in [0.1, 0.15) is 32.1 Å². The van der Waals surface area contributed by atoms with E-state index in [0.717, 1.165) is 6.54 Å². The van der Waals surface area contributed by atoms with Crippen LogP contribution in [0.5, 0.6) is 0 Å². The number of hydrogen-bond acceptors (Lipinski definition) is 3. The van der Waals surface area contributed by atoms with Gasteiger partial charge in [-0.15, -0.1) is 0 Å². The highest BCUT2D eigenvalue weighted by molar-refractivity contribution is 4.83. The van der Waals surface area contributed by atoms with Gasteiger partial charge in [-0.1, -0.05) is 0 Å². The van der Waals surface area contributed by atoms with Crippen molar-refractivity contribution in [1.29, 1.82) is 0 Å². The molecule has 1 aliphatic heterocycles. The molecule has 2 fully saturated rings. The predicted octanol–water partition coefficient (Wildman–Crippen LogP) is 0.831. The van der Waals surface area contributed by atoms with Crippen LogP contribution in [0.4, 0.5) is 0 Å². The third-order valence-electron chi connectivity index (χ3n) is 3.73. The van der Waals surface area contributed by atoms with Gasteiger partial charge < -0.3 is 15.3 Å². The number of hydrogen-bond donors (Lipinski definition) is 2. The third kappa shape index (κ3) is 3.74. The SMILES string of the molecule is CN1CCCC(NCC(O)C2CC2)CC1. The van der Waals surface area contributed by atoms with Crippen LogP contribution in [0, 0.1) is 5.92 Å². The van der Waals surface area contributed by atoms with E-state index in [-0.39, 0.29) is 6.10 Å². The van der Waals surface area contributed by atoms with Gasteiger partial charge in [-0.2, -0.15) is 0 Å². The van der Waals surface area contributed by atoms with Crippen molar-refractivity contribution in [3.05, 3.63) is 0 Å². The summed E-state index contributed by atoms with van der Waals surface area (Å²) in [6, 6.07) is 0.628. The first-order chi connectivity index (χ1) is 7.25. The van der Waals surface area contributed by atoms with Crippen LogP contribution in [0.3, 0.4) is 0 Å². The molecule has 88 valence electrons. The number of nitrogens with zero attached hydrogens (tertiary/aromatic N) is 1. The largest absolute Gasteiger partial charge is 0.392 e. The number of aliphatic hydroxyl groups excluding tert-OH is 1. The van der Waals surface area contributed by atoms with Crippen molar-refractivity contribution in [1.82, 2.24) is 10.2 Å². The molecule has 0 aromatic rings. The van der Waals surface area contributed by atoms with Crippen LogP contribution >= 0.6 is 0 Å². The fourth-order valence-electron chi connectivity index (χ4n) is 2.38. The fraction of sp³-hybridized carbons (Fsp3) is 1.00. The predicted molar refractivity (Wildman–Crippen MR) is 61.9 cm³/mol. The Hall–Kier alpha value is -0.120. The molecular formula is C12H24N2O. The lowest BCUT2D eigenvalue weighted by Crippen LogP contribution is -2.37. The van der Waals surface area contributed by atoms with Gasteiger partial charge in [-0.25, -0.2) is 0 Å². The molecule has 1 saturated carbocycles. The zero-order valence-corrected chi connectivity index (χ0v) is 9.78. The summed E-state index contributed by atoms with van der Waals surface area (Å²) in [7, 11) is 2.20. The lowest BCUT2D eigenvalue weighted by molar-refractivity contribution is 0.143. The Labute approximate surface area is 92.8 Å². The van der Waals surface area contributed by atoms with Gasteiger partial charge in [0.05, 0.1) is 6.10 Å². The fourth-order valence-corrected chi connectivity index (χ4v) is 2.38. The molecule has 1 heterocycles. The molecule has 1 aliphatic carbocycles. The second-order valence-corrected chi connectivity index (χ2v) is 5.24. The van der Waals surface area contributed by atoms with E-state index in [0.29, 0.717) is 12.0 Å². The Morgan fingerprint density at radius 3 is 2.80 bits per heavy atom. The van der Waals surface area contributed by atoms with Crippen molar-refractivity contribution in [3.8, 4) is 0 Å². The van der Waals surface area contributed by atoms with Gasteiger partial charge in [-0.3, -0.25) is 0 Å². The van der Waals surface area contributed by atoms with Crippen molar-refractivity contribution >= 4 is 0 Å². The van der Waals surface area contributed by atoms with Crippen molar-refractivity contribution in [3.63, 3.8) is 0 Å². The van der Waals surface area contributed by atoms with E-state index in [1.54, 1.807) is 0 Å². The molecule has 2 aliphatic rings. The van der Waals surface area contributed by atoms with Gasteiger partial charge in [0, 0.05) is 12.6 Å². The molecule has 2 rings (SSSR count). The highest BCUT2D eigenvalue weighted by Crippen LogP contribution is 2.32. The molecule has 0 aromatic carbocycles. The Kier molecular flexibility index (Phi) is 4.00. The minimum atomic E-state index is -0.0917. The minimum absolute atomic E-state index is 0.0917. The van der Waals surface area contributed by atoms with E-state index in [2.05, 4.69) is 17.3 Å². The monoisotopic (exact) mass is 212 g/mol. The Morgan fingerprint density at radius 1 is 1.27 bits per heavy atom. The first-order valence-corrected chi connectivity index (χ1v) is 6.35. The Morgan fingerprint density at radius 2 is 2.07 bits per heavy atom. The quantitative estimate of drug-likeness (QED) is 0.724. The second kappa shape index (κ2) is 5.28. The third-order valence-corrected chi connectivity index (χ3v) is 3.73. The maximum atomic E-state index is 9.77. The van der Waals surface area contributed by atoms with Gasteiger partial charge >= 0.3 is 0 Å². The summed E-state index contributed by atoms with van der Waals surface area (Å²) in [6.45, 7) is 3.22. The molecule has 2 atom stereocenters. The topological polar surface area (TPSA) is 35.5 Å². The normalized spacial score (nSPS) is 31.2.